The Morgan fingerprint density at radius 1 is 1.00 bits per heavy atom. The van der Waals surface area contributed by atoms with E-state index in [4.69, 9.17) is 4.74 Å². The zero-order valence-electron chi connectivity index (χ0n) is 16.9. The summed E-state index contributed by atoms with van der Waals surface area (Å²) in [7, 11) is 1.60. The maximum atomic E-state index is 14.2. The predicted octanol–water partition coefficient (Wildman–Crippen LogP) is 6.35. The third-order valence-electron chi connectivity index (χ3n) is 5.75. The van der Waals surface area contributed by atoms with E-state index in [0.717, 1.165) is 16.7 Å². The number of ether oxygens (including phenoxy) is 1. The predicted molar refractivity (Wildman–Crippen MR) is 114 cm³/mol. The van der Waals surface area contributed by atoms with Crippen LogP contribution in [0, 0.1) is 24.5 Å². The fraction of sp³-hybridized carbons (Fsp3) is 0.192. The number of hydrogen-bond donors (Lipinski definition) is 0. The summed E-state index contributed by atoms with van der Waals surface area (Å²) in [4.78, 5) is 13.4. The minimum atomic E-state index is -0.498. The number of para-hydroxylation sites is 1. The van der Waals surface area contributed by atoms with Crippen molar-refractivity contribution >= 4 is 11.4 Å². The van der Waals surface area contributed by atoms with Crippen molar-refractivity contribution in [3.8, 4) is 5.75 Å². The Bertz CT molecular complexity index is 1130. The monoisotopic (exact) mass is 404 g/mol. The third kappa shape index (κ3) is 3.78. The smallest absolute Gasteiger partial charge is 0.170 e. The van der Waals surface area contributed by atoms with Crippen LogP contribution in [0.2, 0.25) is 0 Å². The highest BCUT2D eigenvalue weighted by Gasteiger charge is 2.36. The molecule has 4 rings (SSSR count). The van der Waals surface area contributed by atoms with Crippen LogP contribution in [0.5, 0.6) is 5.75 Å². The summed E-state index contributed by atoms with van der Waals surface area (Å²) in [5.74, 6) is -0.865. The lowest BCUT2D eigenvalue weighted by molar-refractivity contribution is 0.0934. The molecule has 0 radical (unpaired) electrons. The molecule has 0 aromatic heterocycles. The number of aryl methyl sites for hydroxylation is 1. The van der Waals surface area contributed by atoms with E-state index in [9.17, 15) is 13.6 Å². The molecule has 3 aromatic rings. The number of methoxy groups -OCH3 is 1. The first-order valence-corrected chi connectivity index (χ1v) is 9.88. The van der Waals surface area contributed by atoms with Gasteiger partial charge < -0.3 is 4.74 Å². The molecule has 0 saturated carbocycles. The van der Waals surface area contributed by atoms with Gasteiger partial charge in [0.05, 0.1) is 7.11 Å². The molecule has 1 aliphatic rings. The minimum Gasteiger partial charge on any atom is -0.496 e. The van der Waals surface area contributed by atoms with E-state index in [0.29, 0.717) is 23.3 Å². The number of halogens is 2. The molecule has 3 aromatic carbocycles. The molecule has 4 heteroatoms. The second-order valence-electron chi connectivity index (χ2n) is 7.61. The molecule has 0 N–H and O–H groups in total. The number of Topliss-reactive ketones (excluding diaryl/α,β-unsaturated/α-hetero) is 1. The lowest BCUT2D eigenvalue weighted by Crippen LogP contribution is -2.18. The molecule has 0 spiro atoms. The molecule has 0 fully saturated rings. The fourth-order valence-electron chi connectivity index (χ4n) is 4.14. The summed E-state index contributed by atoms with van der Waals surface area (Å²) in [5, 5.41) is 0. The summed E-state index contributed by atoms with van der Waals surface area (Å²) in [5.41, 5.74) is 3.47. The Labute approximate surface area is 174 Å². The van der Waals surface area contributed by atoms with Crippen molar-refractivity contribution in [1.82, 2.24) is 0 Å². The van der Waals surface area contributed by atoms with Crippen LogP contribution in [-0.2, 0) is 0 Å². The van der Waals surface area contributed by atoms with E-state index in [1.165, 1.54) is 24.3 Å². The van der Waals surface area contributed by atoms with Crippen LogP contribution < -0.4 is 4.74 Å². The molecule has 0 heterocycles. The topological polar surface area (TPSA) is 26.3 Å². The van der Waals surface area contributed by atoms with Crippen molar-refractivity contribution < 1.29 is 18.3 Å². The number of benzene rings is 3. The van der Waals surface area contributed by atoms with Crippen molar-refractivity contribution in [2.24, 2.45) is 5.92 Å². The number of carbonyl (C=O) groups is 1. The van der Waals surface area contributed by atoms with Crippen molar-refractivity contribution in [2.75, 3.05) is 7.11 Å². The molecule has 152 valence electrons. The zero-order valence-corrected chi connectivity index (χ0v) is 16.9. The van der Waals surface area contributed by atoms with Crippen molar-refractivity contribution in [3.05, 3.63) is 107 Å². The van der Waals surface area contributed by atoms with Crippen LogP contribution in [0.1, 0.15) is 39.4 Å². The Hall–Kier alpha value is -3.27. The highest BCUT2D eigenvalue weighted by Crippen LogP contribution is 2.46. The molecule has 2 nitrogen and oxygen atoms in total. The lowest BCUT2D eigenvalue weighted by atomic mass is 9.83. The van der Waals surface area contributed by atoms with E-state index < -0.39 is 11.7 Å². The van der Waals surface area contributed by atoms with Gasteiger partial charge in [-0.05, 0) is 59.9 Å². The highest BCUT2D eigenvalue weighted by atomic mass is 19.1. The number of rotatable bonds is 5. The van der Waals surface area contributed by atoms with E-state index in [1.54, 1.807) is 26.2 Å². The van der Waals surface area contributed by atoms with Crippen LogP contribution in [0.25, 0.3) is 5.57 Å². The van der Waals surface area contributed by atoms with Gasteiger partial charge in [0.2, 0.25) is 0 Å². The van der Waals surface area contributed by atoms with Gasteiger partial charge in [-0.2, -0.15) is 0 Å². The first kappa shape index (κ1) is 20.0. The van der Waals surface area contributed by atoms with Crippen LogP contribution in [0.15, 0.2) is 72.8 Å². The molecule has 1 aliphatic carbocycles. The molecule has 30 heavy (non-hydrogen) atoms. The molecule has 0 amide bonds. The van der Waals surface area contributed by atoms with Crippen molar-refractivity contribution in [3.63, 3.8) is 0 Å². The summed E-state index contributed by atoms with van der Waals surface area (Å²) >= 11 is 0. The van der Waals surface area contributed by atoms with Gasteiger partial charge in [-0.3, -0.25) is 4.79 Å². The number of hydrogen-bond acceptors (Lipinski definition) is 2. The SMILES string of the molecule is COc1ccccc1C1CC(c2ccc(C)c(F)c2)=CC1C(=O)c1cccc(F)c1. The van der Waals surface area contributed by atoms with E-state index >= 15 is 0 Å². The van der Waals surface area contributed by atoms with Gasteiger partial charge in [-0.15, -0.1) is 0 Å². The molecule has 0 bridgehead atoms. The third-order valence-corrected chi connectivity index (χ3v) is 5.75. The van der Waals surface area contributed by atoms with Crippen LogP contribution in [-0.4, -0.2) is 12.9 Å². The molecule has 0 aliphatic heterocycles. The summed E-state index contributed by atoms with van der Waals surface area (Å²) < 4.78 is 33.5. The lowest BCUT2D eigenvalue weighted by Gasteiger charge is -2.21. The largest absolute Gasteiger partial charge is 0.496 e. The molecule has 0 saturated heterocycles. The summed E-state index contributed by atoms with van der Waals surface area (Å²) in [6.45, 7) is 1.72. The van der Waals surface area contributed by atoms with Gasteiger partial charge in [0.25, 0.3) is 0 Å². The Morgan fingerprint density at radius 3 is 2.53 bits per heavy atom. The molecule has 2 atom stereocenters. The van der Waals surface area contributed by atoms with Crippen molar-refractivity contribution in [1.29, 1.82) is 0 Å². The number of carbonyl (C=O) groups excluding carboxylic acids is 1. The first-order valence-electron chi connectivity index (χ1n) is 9.88. The Morgan fingerprint density at radius 2 is 1.80 bits per heavy atom. The zero-order chi connectivity index (χ0) is 21.3. The summed E-state index contributed by atoms with van der Waals surface area (Å²) in [6, 6.07) is 18.5. The average molecular weight is 404 g/mol. The van der Waals surface area contributed by atoms with Gasteiger partial charge >= 0.3 is 0 Å². The second kappa shape index (κ2) is 8.23. The molecular formula is C26H22F2O2. The van der Waals surface area contributed by atoms with Gasteiger partial charge in [-0.1, -0.05) is 48.5 Å². The normalized spacial score (nSPS) is 18.2. The van der Waals surface area contributed by atoms with Gasteiger partial charge in [0.1, 0.15) is 17.4 Å². The number of allylic oxidation sites excluding steroid dienone is 2. The maximum absolute atomic E-state index is 14.2. The quantitative estimate of drug-likeness (QED) is 0.463. The van der Waals surface area contributed by atoms with Gasteiger partial charge in [-0.25, -0.2) is 8.78 Å². The standard InChI is InChI=1S/C26H22F2O2/c1-16-10-11-17(15-24(16)28)19-13-22(21-8-3-4-9-25(21)30-2)23(14-19)26(29)18-6-5-7-20(27)12-18/h3-12,14-15,22-23H,13H2,1-2H3. The maximum Gasteiger partial charge on any atom is 0.170 e. The summed E-state index contributed by atoms with van der Waals surface area (Å²) in [6.07, 6.45) is 2.46. The Kier molecular flexibility index (Phi) is 5.49. The minimum absolute atomic E-state index is 0.159. The molecule has 2 unspecified atom stereocenters. The van der Waals surface area contributed by atoms with E-state index in [1.807, 2.05) is 36.4 Å². The second-order valence-corrected chi connectivity index (χ2v) is 7.61. The van der Waals surface area contributed by atoms with Gasteiger partial charge in [0, 0.05) is 17.4 Å². The van der Waals surface area contributed by atoms with Crippen LogP contribution in [0.3, 0.4) is 0 Å². The molecular weight excluding hydrogens is 382 g/mol. The van der Waals surface area contributed by atoms with Crippen LogP contribution >= 0.6 is 0 Å². The highest BCUT2D eigenvalue weighted by molar-refractivity contribution is 6.01. The van der Waals surface area contributed by atoms with E-state index in [2.05, 4.69) is 0 Å². The average Bonchev–Trinajstić information content (AvgIpc) is 3.20. The van der Waals surface area contributed by atoms with Gasteiger partial charge in [0.15, 0.2) is 5.78 Å². The van der Waals surface area contributed by atoms with Crippen LogP contribution in [0.4, 0.5) is 8.78 Å². The Balaban J connectivity index is 1.78. The first-order chi connectivity index (χ1) is 14.5. The fourth-order valence-corrected chi connectivity index (χ4v) is 4.14. The van der Waals surface area contributed by atoms with E-state index in [-0.39, 0.29) is 17.5 Å². The number of ketones is 1. The van der Waals surface area contributed by atoms with Crippen molar-refractivity contribution in [2.45, 2.75) is 19.3 Å².